The number of aromatic nitrogens is 3. The molecule has 333 valence electrons. The molecule has 7 aromatic carbocycles. The molecule has 0 aliphatic rings. The minimum absolute atomic E-state index is 0. The summed E-state index contributed by atoms with van der Waals surface area (Å²) in [5.41, 5.74) is 10.2. The van der Waals surface area contributed by atoms with E-state index in [-0.39, 0.29) is 37.2 Å². The van der Waals surface area contributed by atoms with E-state index in [4.69, 9.17) is 4.98 Å². The van der Waals surface area contributed by atoms with Gasteiger partial charge in [0.1, 0.15) is 5.82 Å². The molecule has 0 N–H and O–H groups in total. The van der Waals surface area contributed by atoms with Crippen LogP contribution in [0.5, 0.6) is 0 Å². The Morgan fingerprint density at radius 3 is 2.17 bits per heavy atom. The molecule has 3 nitrogen and oxygen atoms in total. The van der Waals surface area contributed by atoms with E-state index in [0.29, 0.717) is 28.3 Å². The van der Waals surface area contributed by atoms with Gasteiger partial charge >= 0.3 is 0 Å². The first kappa shape index (κ1) is 46.6. The summed E-state index contributed by atoms with van der Waals surface area (Å²) in [6.07, 6.45) is 3.24. The molecule has 8 heteroatoms. The van der Waals surface area contributed by atoms with Crippen LogP contribution in [0.4, 0.5) is 8.78 Å². The number of halogens is 2. The Morgan fingerprint density at radius 2 is 1.45 bits per heavy atom. The fourth-order valence-electron chi connectivity index (χ4n) is 8.79. The first-order valence-electron chi connectivity index (χ1n) is 22.2. The Kier molecular flexibility index (Phi) is 13.5. The van der Waals surface area contributed by atoms with Crippen molar-refractivity contribution in [1.29, 1.82) is 0 Å². The molecule has 0 aliphatic carbocycles. The van der Waals surface area contributed by atoms with Gasteiger partial charge in [-0.05, 0) is 91.8 Å². The van der Waals surface area contributed by atoms with Gasteiger partial charge in [-0.2, -0.15) is 11.3 Å². The SMILES string of the molecule is CC(C)(c1ccccc1)c1ccc2c(c1)sc1c(-c3nc4ccccc4n3-c3ccc(F)c(-c4ccccc4)c3)[c-]cc(F)c12.CC(C)Cc1cc(-c2[c-]cccc2)ncc1[Si](C)(C)C.[Ir]. The van der Waals surface area contributed by atoms with Crippen LogP contribution < -0.4 is 5.19 Å². The Hall–Kier alpha value is -5.89. The van der Waals surface area contributed by atoms with Crippen molar-refractivity contribution in [3.8, 4) is 39.5 Å². The monoisotopic (exact) mass is 1080 g/mol. The summed E-state index contributed by atoms with van der Waals surface area (Å²) in [4.78, 5) is 9.74. The molecule has 0 saturated heterocycles. The second-order valence-corrected chi connectivity index (χ2v) is 24.8. The Morgan fingerprint density at radius 1 is 0.742 bits per heavy atom. The third kappa shape index (κ3) is 9.25. The molecule has 1 radical (unpaired) electrons. The number of imidazole rings is 1. The maximum absolute atomic E-state index is 15.7. The molecule has 0 unspecified atom stereocenters. The van der Waals surface area contributed by atoms with Crippen LogP contribution in [-0.2, 0) is 31.9 Å². The van der Waals surface area contributed by atoms with E-state index in [1.165, 1.54) is 28.4 Å². The van der Waals surface area contributed by atoms with Gasteiger partial charge in [0, 0.05) is 53.5 Å². The summed E-state index contributed by atoms with van der Waals surface area (Å²) in [5, 5.41) is 2.92. The summed E-state index contributed by atoms with van der Waals surface area (Å²) >= 11 is 1.55. The van der Waals surface area contributed by atoms with Crippen LogP contribution in [0, 0.1) is 29.7 Å². The number of nitrogens with zero attached hydrogens (tertiary/aromatic N) is 3. The minimum atomic E-state index is -1.34. The van der Waals surface area contributed by atoms with Crippen molar-refractivity contribution in [2.45, 2.75) is 59.2 Å². The summed E-state index contributed by atoms with van der Waals surface area (Å²) < 4.78 is 34.6. The zero-order chi connectivity index (χ0) is 45.5. The molecular weight excluding hydrogens is 1030 g/mol. The summed E-state index contributed by atoms with van der Waals surface area (Å²) in [6, 6.07) is 57.5. The van der Waals surface area contributed by atoms with E-state index in [0.717, 1.165) is 60.3 Å². The molecule has 3 heterocycles. The third-order valence-corrected chi connectivity index (χ3v) is 15.4. The molecule has 0 bridgehead atoms. The number of hydrogen-bond donors (Lipinski definition) is 0. The molecule has 0 atom stereocenters. The van der Waals surface area contributed by atoms with Gasteiger partial charge in [0.25, 0.3) is 0 Å². The number of hydrogen-bond acceptors (Lipinski definition) is 3. The van der Waals surface area contributed by atoms with Gasteiger partial charge in [-0.15, -0.1) is 48.0 Å². The van der Waals surface area contributed by atoms with Crippen molar-refractivity contribution >= 4 is 55.8 Å². The van der Waals surface area contributed by atoms with Crippen molar-refractivity contribution in [2.75, 3.05) is 0 Å². The van der Waals surface area contributed by atoms with E-state index in [2.05, 4.69) is 119 Å². The quantitative estimate of drug-likeness (QED) is 0.107. The molecule has 10 aromatic rings. The second kappa shape index (κ2) is 19.1. The number of benzene rings is 7. The van der Waals surface area contributed by atoms with Gasteiger partial charge < -0.3 is 9.55 Å². The third-order valence-electron chi connectivity index (χ3n) is 12.2. The molecule has 0 fully saturated rings. The molecule has 0 aliphatic heterocycles. The van der Waals surface area contributed by atoms with Crippen molar-refractivity contribution in [3.05, 3.63) is 204 Å². The fourth-order valence-corrected chi connectivity index (χ4v) is 11.6. The Bertz CT molecular complexity index is 3300. The minimum Gasteiger partial charge on any atom is -0.333 e. The van der Waals surface area contributed by atoms with Gasteiger partial charge in [0.2, 0.25) is 0 Å². The van der Waals surface area contributed by atoms with Gasteiger partial charge in [-0.1, -0.05) is 149 Å². The molecule has 10 rings (SSSR count). The molecular formula is C58H51F2IrN3SSi-2. The van der Waals surface area contributed by atoms with Crippen LogP contribution in [0.15, 0.2) is 164 Å². The first-order chi connectivity index (χ1) is 31.3. The van der Waals surface area contributed by atoms with Crippen LogP contribution in [0.1, 0.15) is 44.4 Å². The molecule has 0 amide bonds. The largest absolute Gasteiger partial charge is 0.333 e. The van der Waals surface area contributed by atoms with Gasteiger partial charge in [0.15, 0.2) is 0 Å². The van der Waals surface area contributed by atoms with Gasteiger partial charge in [-0.3, -0.25) is 9.37 Å². The average Bonchev–Trinajstić information content (AvgIpc) is 3.89. The first-order valence-corrected chi connectivity index (χ1v) is 26.5. The maximum atomic E-state index is 15.7. The Balaban J connectivity index is 0.000000238. The van der Waals surface area contributed by atoms with Crippen LogP contribution >= 0.6 is 11.3 Å². The smallest absolute Gasteiger partial charge is 0.131 e. The molecule has 0 saturated carbocycles. The molecule has 66 heavy (non-hydrogen) atoms. The van der Waals surface area contributed by atoms with E-state index in [1.807, 2.05) is 95.6 Å². The van der Waals surface area contributed by atoms with Crippen molar-refractivity contribution in [1.82, 2.24) is 14.5 Å². The van der Waals surface area contributed by atoms with E-state index in [1.54, 1.807) is 17.4 Å². The predicted molar refractivity (Wildman–Crippen MR) is 272 cm³/mol. The van der Waals surface area contributed by atoms with Crippen LogP contribution in [-0.4, -0.2) is 22.6 Å². The van der Waals surface area contributed by atoms with E-state index < -0.39 is 8.07 Å². The number of pyridine rings is 1. The fraction of sp³-hybridized carbons (Fsp3) is 0.172. The van der Waals surface area contributed by atoms with Gasteiger partial charge in [-0.25, -0.2) is 4.39 Å². The normalized spacial score (nSPS) is 11.8. The number of thiophene rings is 1. The topological polar surface area (TPSA) is 30.7 Å². The van der Waals surface area contributed by atoms with E-state index >= 15 is 8.78 Å². The summed E-state index contributed by atoms with van der Waals surface area (Å²) in [7, 11) is -1.34. The number of rotatable bonds is 9. The van der Waals surface area contributed by atoms with Crippen LogP contribution in [0.3, 0.4) is 0 Å². The van der Waals surface area contributed by atoms with Crippen molar-refractivity contribution < 1.29 is 28.9 Å². The standard InChI is InChI=1S/C40H27F2N2S.C18H24NSi.Ir/c1-40(2,26-13-7-4-8-14-26)27-17-19-29-36(23-27)45-38-30(20-22-33(42)37(29)38)39-43-34-15-9-10-16-35(34)44(39)28-18-21-32(41)31(24-28)25-11-5-3-6-12-25;1-14(2)11-16-12-17(15-9-7-6-8-10-15)19-13-18(16)20(3,4)5;/h3-19,21-24H,1-2H3;6-9,12-14H,11H2,1-5H3;/q2*-1;. The molecule has 3 aromatic heterocycles. The molecule has 0 spiro atoms. The number of fused-ring (bicyclic) bond motifs is 4. The predicted octanol–water partition coefficient (Wildman–Crippen LogP) is 15.4. The van der Waals surface area contributed by atoms with Crippen molar-refractivity contribution in [2.24, 2.45) is 5.92 Å². The van der Waals surface area contributed by atoms with Crippen LogP contribution in [0.2, 0.25) is 19.6 Å². The van der Waals surface area contributed by atoms with Gasteiger partial charge in [0.05, 0.1) is 24.9 Å². The second-order valence-electron chi connectivity index (χ2n) is 18.7. The number of para-hydroxylation sites is 2. The maximum Gasteiger partial charge on any atom is 0.131 e. The zero-order valence-electron chi connectivity index (χ0n) is 38.2. The zero-order valence-corrected chi connectivity index (χ0v) is 42.4. The van der Waals surface area contributed by atoms with Crippen molar-refractivity contribution in [3.63, 3.8) is 0 Å². The van der Waals surface area contributed by atoms with Crippen LogP contribution in [0.25, 0.3) is 70.7 Å². The summed E-state index contributed by atoms with van der Waals surface area (Å²) in [6.45, 7) is 16.2. The average molecular weight is 1080 g/mol. The summed E-state index contributed by atoms with van der Waals surface area (Å²) in [5.74, 6) is 0.680. The van der Waals surface area contributed by atoms with E-state index in [9.17, 15) is 0 Å². The Labute approximate surface area is 405 Å².